The van der Waals surface area contributed by atoms with E-state index >= 15 is 0 Å². The van der Waals surface area contributed by atoms with Crippen LogP contribution in [0.5, 0.6) is 0 Å². The lowest BCUT2D eigenvalue weighted by Crippen LogP contribution is -2.53. The Kier molecular flexibility index (Phi) is 7.94. The standard InChI is InChI=1S/C20H29N5O.HI/c1-4-21-20(25-11-9-24(10-12-25)16(3)26)22-8-7-17-14-23-19-13-15(2)5-6-18(17)19;/h5-6,13-14,23H,4,7-12H2,1-3H3,(H,21,22);1H. The number of benzene rings is 1. The van der Waals surface area contributed by atoms with Gasteiger partial charge in [0, 0.05) is 63.3 Å². The first-order valence-corrected chi connectivity index (χ1v) is 9.44. The zero-order valence-electron chi connectivity index (χ0n) is 16.4. The number of aryl methyl sites for hydroxylation is 1. The van der Waals surface area contributed by atoms with Crippen molar-refractivity contribution in [3.8, 4) is 0 Å². The van der Waals surface area contributed by atoms with Crippen LogP contribution in [0, 0.1) is 6.92 Å². The number of fused-ring (bicyclic) bond motifs is 1. The normalized spacial score (nSPS) is 15.0. The van der Waals surface area contributed by atoms with E-state index in [0.29, 0.717) is 0 Å². The molecule has 7 heteroatoms. The second kappa shape index (κ2) is 9.96. The number of aliphatic imine (C=N–C) groups is 1. The number of halogens is 1. The molecule has 1 aromatic heterocycles. The molecule has 3 rings (SSSR count). The van der Waals surface area contributed by atoms with E-state index in [9.17, 15) is 4.79 Å². The summed E-state index contributed by atoms with van der Waals surface area (Å²) >= 11 is 0. The first kappa shape index (κ1) is 21.5. The van der Waals surface area contributed by atoms with Crippen molar-refractivity contribution in [2.24, 2.45) is 4.99 Å². The number of piperazine rings is 1. The zero-order valence-corrected chi connectivity index (χ0v) is 18.7. The molecule has 6 nitrogen and oxygen atoms in total. The summed E-state index contributed by atoms with van der Waals surface area (Å²) in [6, 6.07) is 6.52. The maximum Gasteiger partial charge on any atom is 0.219 e. The van der Waals surface area contributed by atoms with Gasteiger partial charge in [0.15, 0.2) is 5.96 Å². The zero-order chi connectivity index (χ0) is 18.5. The van der Waals surface area contributed by atoms with E-state index in [-0.39, 0.29) is 29.9 Å². The molecule has 1 saturated heterocycles. The van der Waals surface area contributed by atoms with Gasteiger partial charge in [0.2, 0.25) is 5.91 Å². The number of hydrogen-bond donors (Lipinski definition) is 2. The van der Waals surface area contributed by atoms with Gasteiger partial charge in [-0.2, -0.15) is 0 Å². The van der Waals surface area contributed by atoms with Crippen LogP contribution >= 0.6 is 24.0 Å². The van der Waals surface area contributed by atoms with E-state index in [0.717, 1.165) is 51.6 Å². The molecule has 2 heterocycles. The Morgan fingerprint density at radius 3 is 2.59 bits per heavy atom. The van der Waals surface area contributed by atoms with Crippen molar-refractivity contribution in [2.45, 2.75) is 27.2 Å². The highest BCUT2D eigenvalue weighted by Crippen LogP contribution is 2.20. The van der Waals surface area contributed by atoms with Crippen molar-refractivity contribution < 1.29 is 4.79 Å². The maximum absolute atomic E-state index is 11.5. The van der Waals surface area contributed by atoms with E-state index in [1.165, 1.54) is 22.0 Å². The SMILES string of the molecule is CCNC(=NCCc1c[nH]c2cc(C)ccc12)N1CCN(C(C)=O)CC1.I. The van der Waals surface area contributed by atoms with Crippen LogP contribution in [-0.4, -0.2) is 65.9 Å². The molecule has 27 heavy (non-hydrogen) atoms. The Bertz CT molecular complexity index is 793. The number of guanidine groups is 1. The summed E-state index contributed by atoms with van der Waals surface area (Å²) in [7, 11) is 0. The molecular weight excluding hydrogens is 453 g/mol. The van der Waals surface area contributed by atoms with Crippen LogP contribution in [0.25, 0.3) is 10.9 Å². The summed E-state index contributed by atoms with van der Waals surface area (Å²) in [4.78, 5) is 23.8. The van der Waals surface area contributed by atoms with Gasteiger partial charge in [-0.1, -0.05) is 12.1 Å². The molecule has 0 bridgehead atoms. The van der Waals surface area contributed by atoms with Crippen molar-refractivity contribution in [3.05, 3.63) is 35.5 Å². The number of H-pyrrole nitrogens is 1. The Balaban J connectivity index is 0.00000261. The number of hydrogen-bond acceptors (Lipinski definition) is 2. The third-order valence-corrected chi connectivity index (χ3v) is 4.93. The molecule has 0 unspecified atom stereocenters. The summed E-state index contributed by atoms with van der Waals surface area (Å²) in [5, 5.41) is 4.67. The van der Waals surface area contributed by atoms with Gasteiger partial charge in [0.1, 0.15) is 0 Å². The number of rotatable bonds is 4. The monoisotopic (exact) mass is 483 g/mol. The van der Waals surface area contributed by atoms with Gasteiger partial charge in [-0.15, -0.1) is 24.0 Å². The smallest absolute Gasteiger partial charge is 0.219 e. The number of carbonyl (C=O) groups excluding carboxylic acids is 1. The Labute approximate surface area is 178 Å². The summed E-state index contributed by atoms with van der Waals surface area (Å²) in [5.41, 5.74) is 3.76. The van der Waals surface area contributed by atoms with E-state index in [1.807, 2.05) is 4.90 Å². The number of nitrogens with zero attached hydrogens (tertiary/aromatic N) is 3. The lowest BCUT2D eigenvalue weighted by Gasteiger charge is -2.36. The Hall–Kier alpha value is -1.77. The molecule has 1 aliphatic heterocycles. The fraction of sp³-hybridized carbons (Fsp3) is 0.500. The fourth-order valence-electron chi connectivity index (χ4n) is 3.45. The minimum absolute atomic E-state index is 0. The third kappa shape index (κ3) is 5.37. The summed E-state index contributed by atoms with van der Waals surface area (Å²) < 4.78 is 0. The maximum atomic E-state index is 11.5. The third-order valence-electron chi connectivity index (χ3n) is 4.93. The average Bonchev–Trinajstić information content (AvgIpc) is 3.03. The molecule has 1 amide bonds. The van der Waals surface area contributed by atoms with Crippen molar-refractivity contribution in [2.75, 3.05) is 39.3 Å². The molecule has 0 atom stereocenters. The summed E-state index contributed by atoms with van der Waals surface area (Å²) in [5.74, 6) is 1.10. The molecule has 1 fully saturated rings. The minimum atomic E-state index is 0. The molecule has 148 valence electrons. The van der Waals surface area contributed by atoms with Crippen LogP contribution in [0.4, 0.5) is 0 Å². The molecule has 0 radical (unpaired) electrons. The van der Waals surface area contributed by atoms with Crippen LogP contribution in [-0.2, 0) is 11.2 Å². The van der Waals surface area contributed by atoms with Crippen molar-refractivity contribution in [3.63, 3.8) is 0 Å². The molecule has 2 aromatic rings. The van der Waals surface area contributed by atoms with Gasteiger partial charge in [-0.25, -0.2) is 0 Å². The molecular formula is C20H30IN5O. The highest BCUT2D eigenvalue weighted by molar-refractivity contribution is 14.0. The number of aromatic nitrogens is 1. The van der Waals surface area contributed by atoms with Gasteiger partial charge in [0.05, 0.1) is 0 Å². The molecule has 0 aliphatic carbocycles. The van der Waals surface area contributed by atoms with Gasteiger partial charge in [-0.3, -0.25) is 9.79 Å². The van der Waals surface area contributed by atoms with Gasteiger partial charge in [0.25, 0.3) is 0 Å². The predicted molar refractivity (Wildman–Crippen MR) is 122 cm³/mol. The molecule has 0 spiro atoms. The second-order valence-corrected chi connectivity index (χ2v) is 6.84. The number of carbonyl (C=O) groups is 1. The van der Waals surface area contributed by atoms with Crippen LogP contribution in [0.15, 0.2) is 29.4 Å². The molecule has 2 N–H and O–H groups in total. The van der Waals surface area contributed by atoms with Crippen molar-refractivity contribution >= 4 is 46.7 Å². The molecule has 1 aliphatic rings. The van der Waals surface area contributed by atoms with E-state index < -0.39 is 0 Å². The van der Waals surface area contributed by atoms with E-state index in [2.05, 4.69) is 53.4 Å². The fourth-order valence-corrected chi connectivity index (χ4v) is 3.45. The number of aromatic amines is 1. The average molecular weight is 483 g/mol. The van der Waals surface area contributed by atoms with Gasteiger partial charge in [-0.05, 0) is 37.5 Å². The topological polar surface area (TPSA) is 63.7 Å². The first-order chi connectivity index (χ1) is 12.6. The van der Waals surface area contributed by atoms with Crippen molar-refractivity contribution in [1.29, 1.82) is 0 Å². The van der Waals surface area contributed by atoms with E-state index in [4.69, 9.17) is 4.99 Å². The molecule has 0 saturated carbocycles. The quantitative estimate of drug-likeness (QED) is 0.400. The lowest BCUT2D eigenvalue weighted by molar-refractivity contribution is -0.130. The Morgan fingerprint density at radius 2 is 1.93 bits per heavy atom. The van der Waals surface area contributed by atoms with Crippen LogP contribution < -0.4 is 5.32 Å². The second-order valence-electron chi connectivity index (χ2n) is 6.84. The highest BCUT2D eigenvalue weighted by Gasteiger charge is 2.20. The number of amides is 1. The van der Waals surface area contributed by atoms with Crippen molar-refractivity contribution in [1.82, 2.24) is 20.1 Å². The summed E-state index contributed by atoms with van der Waals surface area (Å²) in [6.07, 6.45) is 3.00. The highest BCUT2D eigenvalue weighted by atomic mass is 127. The predicted octanol–water partition coefficient (Wildman–Crippen LogP) is 2.77. The lowest BCUT2D eigenvalue weighted by atomic mass is 10.1. The molecule has 1 aromatic carbocycles. The van der Waals surface area contributed by atoms with Gasteiger partial charge < -0.3 is 20.1 Å². The first-order valence-electron chi connectivity index (χ1n) is 9.44. The number of nitrogens with one attached hydrogen (secondary N) is 2. The Morgan fingerprint density at radius 1 is 1.22 bits per heavy atom. The van der Waals surface area contributed by atoms with E-state index in [1.54, 1.807) is 6.92 Å². The largest absolute Gasteiger partial charge is 0.361 e. The summed E-state index contributed by atoms with van der Waals surface area (Å²) in [6.45, 7) is 10.6. The van der Waals surface area contributed by atoms with Crippen LogP contribution in [0.1, 0.15) is 25.0 Å². The van der Waals surface area contributed by atoms with Gasteiger partial charge >= 0.3 is 0 Å². The van der Waals surface area contributed by atoms with Crippen LogP contribution in [0.2, 0.25) is 0 Å². The minimum Gasteiger partial charge on any atom is -0.361 e. The van der Waals surface area contributed by atoms with Crippen LogP contribution in [0.3, 0.4) is 0 Å².